The van der Waals surface area contributed by atoms with Crippen molar-refractivity contribution in [1.82, 2.24) is 5.32 Å². The number of aliphatic carboxylic acids is 2. The van der Waals surface area contributed by atoms with Crippen LogP contribution >= 0.6 is 27.5 Å². The number of amides is 2. The van der Waals surface area contributed by atoms with Crippen LogP contribution in [-0.2, 0) is 9.59 Å². The van der Waals surface area contributed by atoms with Crippen molar-refractivity contribution >= 4 is 51.2 Å². The Kier molecular flexibility index (Phi) is 5.78. The van der Waals surface area contributed by atoms with Gasteiger partial charge < -0.3 is 20.8 Å². The number of carbonyl (C=O) groups is 3. The Morgan fingerprint density at radius 2 is 1.95 bits per heavy atom. The van der Waals surface area contributed by atoms with Gasteiger partial charge >= 0.3 is 18.0 Å². The summed E-state index contributed by atoms with van der Waals surface area (Å²) in [4.78, 5) is 32.9. The van der Waals surface area contributed by atoms with Gasteiger partial charge in [-0.05, 0) is 34.1 Å². The maximum absolute atomic E-state index is 11.6. The molecule has 1 aromatic rings. The molecule has 9 heteroatoms. The lowest BCUT2D eigenvalue weighted by Crippen LogP contribution is -2.44. The van der Waals surface area contributed by atoms with Crippen LogP contribution in [0.5, 0.6) is 0 Å². The lowest BCUT2D eigenvalue weighted by Gasteiger charge is -2.14. The molecule has 0 saturated carbocycles. The van der Waals surface area contributed by atoms with E-state index in [4.69, 9.17) is 21.8 Å². The number of carboxylic acids is 2. The van der Waals surface area contributed by atoms with Crippen molar-refractivity contribution in [3.05, 3.63) is 27.7 Å². The van der Waals surface area contributed by atoms with E-state index in [1.807, 2.05) is 5.32 Å². The van der Waals surface area contributed by atoms with Gasteiger partial charge in [0.15, 0.2) is 0 Å². The van der Waals surface area contributed by atoms with E-state index in [9.17, 15) is 14.4 Å². The fourth-order valence-corrected chi connectivity index (χ4v) is 1.80. The van der Waals surface area contributed by atoms with Gasteiger partial charge in [-0.1, -0.05) is 11.6 Å². The van der Waals surface area contributed by atoms with Crippen molar-refractivity contribution in [2.24, 2.45) is 0 Å². The minimum Gasteiger partial charge on any atom is -0.481 e. The third-order valence-corrected chi connectivity index (χ3v) is 3.09. The Hall–Kier alpha value is -1.80. The molecule has 1 unspecified atom stereocenters. The van der Waals surface area contributed by atoms with Crippen molar-refractivity contribution in [1.29, 1.82) is 0 Å². The van der Waals surface area contributed by atoms with E-state index < -0.39 is 30.4 Å². The van der Waals surface area contributed by atoms with E-state index in [0.29, 0.717) is 15.2 Å². The number of carbonyl (C=O) groups excluding carboxylic acids is 1. The summed E-state index contributed by atoms with van der Waals surface area (Å²) in [6.07, 6.45) is -0.723. The van der Waals surface area contributed by atoms with Gasteiger partial charge in [-0.15, -0.1) is 0 Å². The molecule has 0 radical (unpaired) electrons. The standard InChI is InChI=1S/C11H10BrClN2O5/c12-6-2-1-5(13)3-7(6)14-11(20)15-8(10(18)19)4-9(16)17/h1-3,8H,4H2,(H,16,17)(H,18,19)(H2,14,15,20). The quantitative estimate of drug-likeness (QED) is 0.638. The van der Waals surface area contributed by atoms with Crippen LogP contribution in [0.3, 0.4) is 0 Å². The molecule has 1 rings (SSSR count). The van der Waals surface area contributed by atoms with Crippen LogP contribution in [0.4, 0.5) is 10.5 Å². The van der Waals surface area contributed by atoms with Crippen molar-refractivity contribution in [2.45, 2.75) is 12.5 Å². The molecule has 0 aromatic heterocycles. The molecule has 0 spiro atoms. The topological polar surface area (TPSA) is 116 Å². The molecule has 1 atom stereocenters. The van der Waals surface area contributed by atoms with Crippen LogP contribution in [0.2, 0.25) is 5.02 Å². The molecule has 2 amide bonds. The Labute approximate surface area is 127 Å². The summed E-state index contributed by atoms with van der Waals surface area (Å²) in [7, 11) is 0. The summed E-state index contributed by atoms with van der Waals surface area (Å²) >= 11 is 8.94. The molecular weight excluding hydrogens is 355 g/mol. The van der Waals surface area contributed by atoms with E-state index in [0.717, 1.165) is 0 Å². The molecule has 0 bridgehead atoms. The second-order valence-electron chi connectivity index (χ2n) is 3.71. The summed E-state index contributed by atoms with van der Waals surface area (Å²) in [5.41, 5.74) is 0.328. The Morgan fingerprint density at radius 1 is 1.30 bits per heavy atom. The predicted molar refractivity (Wildman–Crippen MR) is 75.0 cm³/mol. The predicted octanol–water partition coefficient (Wildman–Crippen LogP) is 2.15. The fraction of sp³-hybridized carbons (Fsp3) is 0.182. The van der Waals surface area contributed by atoms with Gasteiger partial charge in [0.25, 0.3) is 0 Å². The molecule has 0 aliphatic heterocycles. The van der Waals surface area contributed by atoms with Crippen molar-refractivity contribution in [3.63, 3.8) is 0 Å². The summed E-state index contributed by atoms with van der Waals surface area (Å²) in [6.45, 7) is 0. The average Bonchev–Trinajstić information content (AvgIpc) is 2.32. The number of halogens is 2. The number of benzene rings is 1. The zero-order chi connectivity index (χ0) is 15.3. The third kappa shape index (κ3) is 5.06. The summed E-state index contributed by atoms with van der Waals surface area (Å²) in [5, 5.41) is 22.2. The first-order valence-corrected chi connectivity index (χ1v) is 6.44. The van der Waals surface area contributed by atoms with Gasteiger partial charge in [0.05, 0.1) is 12.1 Å². The molecule has 0 saturated heterocycles. The van der Waals surface area contributed by atoms with Gasteiger partial charge in [0.1, 0.15) is 6.04 Å². The Morgan fingerprint density at radius 3 is 2.50 bits per heavy atom. The minimum absolute atomic E-state index is 0.328. The zero-order valence-corrected chi connectivity index (χ0v) is 12.2. The van der Waals surface area contributed by atoms with Crippen LogP contribution in [0.25, 0.3) is 0 Å². The largest absolute Gasteiger partial charge is 0.481 e. The average molecular weight is 366 g/mol. The van der Waals surface area contributed by atoms with Gasteiger partial charge in [-0.2, -0.15) is 0 Å². The van der Waals surface area contributed by atoms with E-state index in [1.54, 1.807) is 12.1 Å². The fourth-order valence-electron chi connectivity index (χ4n) is 1.28. The number of rotatable bonds is 5. The summed E-state index contributed by atoms with van der Waals surface area (Å²) in [6, 6.07) is 2.29. The van der Waals surface area contributed by atoms with E-state index in [-0.39, 0.29) is 0 Å². The minimum atomic E-state index is -1.52. The van der Waals surface area contributed by atoms with Crippen molar-refractivity contribution in [3.8, 4) is 0 Å². The maximum Gasteiger partial charge on any atom is 0.326 e. The van der Waals surface area contributed by atoms with Crippen LogP contribution in [0.1, 0.15) is 6.42 Å². The molecule has 0 aliphatic carbocycles. The highest BCUT2D eigenvalue weighted by atomic mass is 79.9. The molecule has 0 heterocycles. The molecule has 0 fully saturated rings. The van der Waals surface area contributed by atoms with Crippen LogP contribution in [0, 0.1) is 0 Å². The van der Waals surface area contributed by atoms with Crippen LogP contribution in [0.15, 0.2) is 22.7 Å². The second kappa shape index (κ2) is 7.11. The number of anilines is 1. The highest BCUT2D eigenvalue weighted by molar-refractivity contribution is 9.10. The normalized spacial score (nSPS) is 11.5. The first-order chi connectivity index (χ1) is 9.29. The van der Waals surface area contributed by atoms with Gasteiger partial charge in [0.2, 0.25) is 0 Å². The summed E-state index contributed by atoms with van der Waals surface area (Å²) < 4.78 is 0.544. The van der Waals surface area contributed by atoms with E-state index in [1.165, 1.54) is 6.07 Å². The lowest BCUT2D eigenvalue weighted by molar-refractivity contribution is -0.145. The number of hydrogen-bond acceptors (Lipinski definition) is 3. The molecule has 4 N–H and O–H groups in total. The van der Waals surface area contributed by atoms with Gasteiger partial charge in [-0.25, -0.2) is 9.59 Å². The Bertz CT molecular complexity index is 552. The first kappa shape index (κ1) is 16.3. The number of carboxylic acid groups (broad SMARTS) is 2. The monoisotopic (exact) mass is 364 g/mol. The zero-order valence-electron chi connectivity index (χ0n) is 9.89. The third-order valence-electron chi connectivity index (χ3n) is 2.16. The molecule has 0 aliphatic rings. The van der Waals surface area contributed by atoms with Crippen molar-refractivity contribution < 1.29 is 24.6 Å². The van der Waals surface area contributed by atoms with Crippen molar-refractivity contribution in [2.75, 3.05) is 5.32 Å². The molecule has 20 heavy (non-hydrogen) atoms. The first-order valence-electron chi connectivity index (χ1n) is 5.26. The van der Waals surface area contributed by atoms with E-state index >= 15 is 0 Å². The van der Waals surface area contributed by atoms with Gasteiger partial charge in [-0.3, -0.25) is 4.79 Å². The highest BCUT2D eigenvalue weighted by Crippen LogP contribution is 2.25. The summed E-state index contributed by atoms with van der Waals surface area (Å²) in [5.74, 6) is -2.77. The smallest absolute Gasteiger partial charge is 0.326 e. The second-order valence-corrected chi connectivity index (χ2v) is 5.00. The SMILES string of the molecule is O=C(O)CC(NC(=O)Nc1cc(Cl)ccc1Br)C(=O)O. The highest BCUT2D eigenvalue weighted by Gasteiger charge is 2.23. The molecule has 7 nitrogen and oxygen atoms in total. The van der Waals surface area contributed by atoms with E-state index in [2.05, 4.69) is 21.2 Å². The molecule has 1 aromatic carbocycles. The number of nitrogens with one attached hydrogen (secondary N) is 2. The van der Waals surface area contributed by atoms with Gasteiger partial charge in [0, 0.05) is 9.50 Å². The van der Waals surface area contributed by atoms with Crippen LogP contribution in [-0.4, -0.2) is 34.2 Å². The number of urea groups is 1. The number of hydrogen-bond donors (Lipinski definition) is 4. The maximum atomic E-state index is 11.6. The lowest BCUT2D eigenvalue weighted by atomic mass is 10.2. The molecule has 108 valence electrons. The molecular formula is C11H10BrClN2O5. The Balaban J connectivity index is 2.72. The van der Waals surface area contributed by atoms with Crippen LogP contribution < -0.4 is 10.6 Å².